The van der Waals surface area contributed by atoms with Crippen molar-refractivity contribution in [3.8, 4) is 0 Å². The van der Waals surface area contributed by atoms with Crippen molar-refractivity contribution in [1.82, 2.24) is 24.9 Å². The van der Waals surface area contributed by atoms with Crippen LogP contribution in [0.5, 0.6) is 0 Å². The van der Waals surface area contributed by atoms with E-state index in [1.54, 1.807) is 0 Å². The second-order valence-corrected chi connectivity index (χ2v) is 6.91. The Hall–Kier alpha value is -1.61. The number of alkyl halides is 3. The molecule has 1 N–H and O–H groups in total. The summed E-state index contributed by atoms with van der Waals surface area (Å²) >= 11 is 0. The molecule has 1 aromatic heterocycles. The van der Waals surface area contributed by atoms with E-state index < -0.39 is 12.1 Å². The Labute approximate surface area is 144 Å². The monoisotopic (exact) mass is 359 g/mol. The first kappa shape index (κ1) is 18.2. The van der Waals surface area contributed by atoms with Gasteiger partial charge in [0.05, 0.1) is 30.9 Å². The topological polar surface area (TPSA) is 53.4 Å². The molecule has 0 aliphatic carbocycles. The quantitative estimate of drug-likeness (QED) is 0.878. The molecule has 2 aliphatic heterocycles. The molecular formula is C16H24F3N5O. The average molecular weight is 359 g/mol. The van der Waals surface area contributed by atoms with Gasteiger partial charge in [-0.2, -0.15) is 18.3 Å². The van der Waals surface area contributed by atoms with Crippen LogP contribution in [0.3, 0.4) is 0 Å². The van der Waals surface area contributed by atoms with E-state index in [0.717, 1.165) is 30.9 Å². The third-order valence-electron chi connectivity index (χ3n) is 4.91. The predicted octanol–water partition coefficient (Wildman–Crippen LogP) is 1.22. The molecule has 6 nitrogen and oxygen atoms in total. The zero-order chi connectivity index (χ0) is 18.0. The molecule has 3 rings (SSSR count). The molecule has 1 atom stereocenters. The van der Waals surface area contributed by atoms with Crippen molar-refractivity contribution < 1.29 is 18.0 Å². The number of halogens is 3. The van der Waals surface area contributed by atoms with Gasteiger partial charge in [0.2, 0.25) is 5.91 Å². The molecule has 1 aromatic rings. The van der Waals surface area contributed by atoms with Crippen LogP contribution in [0, 0.1) is 5.92 Å². The van der Waals surface area contributed by atoms with Crippen molar-refractivity contribution >= 4 is 5.91 Å². The molecule has 0 saturated carbocycles. The second-order valence-electron chi connectivity index (χ2n) is 6.91. The van der Waals surface area contributed by atoms with Gasteiger partial charge in [0, 0.05) is 38.3 Å². The number of likely N-dealkylation sites (tertiary alicyclic amines) is 1. The fraction of sp³-hybridized carbons (Fsp3) is 0.750. The van der Waals surface area contributed by atoms with Crippen LogP contribution in [0.4, 0.5) is 13.2 Å². The molecule has 25 heavy (non-hydrogen) atoms. The molecule has 140 valence electrons. The van der Waals surface area contributed by atoms with Crippen LogP contribution in [-0.4, -0.2) is 64.9 Å². The molecule has 0 spiro atoms. The highest BCUT2D eigenvalue weighted by Crippen LogP contribution is 2.33. The first-order valence-electron chi connectivity index (χ1n) is 8.62. The fourth-order valence-electron chi connectivity index (χ4n) is 3.52. The molecule has 1 unspecified atom stereocenters. The number of rotatable bonds is 4. The SMILES string of the molecule is CN(CC(=O)N1CCCC(C(F)(F)F)C1)Cc1cnn2c1CNCC2. The highest BCUT2D eigenvalue weighted by molar-refractivity contribution is 5.78. The van der Waals surface area contributed by atoms with Crippen LogP contribution < -0.4 is 5.32 Å². The number of hydrogen-bond donors (Lipinski definition) is 1. The van der Waals surface area contributed by atoms with Crippen LogP contribution in [0.15, 0.2) is 6.20 Å². The highest BCUT2D eigenvalue weighted by Gasteiger charge is 2.42. The Morgan fingerprint density at radius 3 is 3.00 bits per heavy atom. The number of nitrogens with zero attached hydrogens (tertiary/aromatic N) is 4. The zero-order valence-corrected chi connectivity index (χ0v) is 14.3. The van der Waals surface area contributed by atoms with Crippen LogP contribution >= 0.6 is 0 Å². The molecule has 1 amide bonds. The minimum atomic E-state index is -4.23. The predicted molar refractivity (Wildman–Crippen MR) is 85.6 cm³/mol. The van der Waals surface area contributed by atoms with E-state index in [1.807, 2.05) is 22.8 Å². The Kier molecular flexibility index (Phi) is 5.33. The standard InChI is InChI=1S/C16H24F3N5O/c1-22(9-12-7-21-24-6-4-20-8-14(12)24)11-15(25)23-5-2-3-13(10-23)16(17,18)19/h7,13,20H,2-6,8-11H2,1H3. The first-order chi connectivity index (χ1) is 11.8. The third kappa shape index (κ3) is 4.33. The van der Waals surface area contributed by atoms with Crippen LogP contribution in [0.1, 0.15) is 24.1 Å². The van der Waals surface area contributed by atoms with E-state index in [1.165, 1.54) is 4.90 Å². The summed E-state index contributed by atoms with van der Waals surface area (Å²) < 4.78 is 40.6. The molecule has 3 heterocycles. The van der Waals surface area contributed by atoms with Gasteiger partial charge in [-0.25, -0.2) is 0 Å². The molecule has 0 aromatic carbocycles. The van der Waals surface area contributed by atoms with Crippen molar-refractivity contribution in [2.75, 3.05) is 33.2 Å². The number of likely N-dealkylation sites (N-methyl/N-ethyl adjacent to an activating group) is 1. The number of aromatic nitrogens is 2. The van der Waals surface area contributed by atoms with E-state index in [9.17, 15) is 18.0 Å². The van der Waals surface area contributed by atoms with Crippen molar-refractivity contribution in [3.05, 3.63) is 17.5 Å². The van der Waals surface area contributed by atoms with Gasteiger partial charge in [-0.05, 0) is 19.9 Å². The van der Waals surface area contributed by atoms with Crippen LogP contribution in [0.2, 0.25) is 0 Å². The molecule has 0 radical (unpaired) electrons. The van der Waals surface area contributed by atoms with Crippen LogP contribution in [-0.2, 0) is 24.4 Å². The molecule has 0 bridgehead atoms. The fourth-order valence-corrected chi connectivity index (χ4v) is 3.52. The Morgan fingerprint density at radius 2 is 2.24 bits per heavy atom. The lowest BCUT2D eigenvalue weighted by atomic mass is 9.97. The molecule has 1 fully saturated rings. The lowest BCUT2D eigenvalue weighted by molar-refractivity contribution is -0.188. The van der Waals surface area contributed by atoms with E-state index in [2.05, 4.69) is 10.4 Å². The first-order valence-corrected chi connectivity index (χ1v) is 8.62. The van der Waals surface area contributed by atoms with E-state index >= 15 is 0 Å². The number of amides is 1. The smallest absolute Gasteiger partial charge is 0.341 e. The lowest BCUT2D eigenvalue weighted by Crippen LogP contribution is -2.47. The number of nitrogens with one attached hydrogen (secondary N) is 1. The number of carbonyl (C=O) groups excluding carboxylic acids is 1. The van der Waals surface area contributed by atoms with Gasteiger partial charge in [-0.15, -0.1) is 0 Å². The van der Waals surface area contributed by atoms with Gasteiger partial charge in [0.1, 0.15) is 0 Å². The average Bonchev–Trinajstić information content (AvgIpc) is 2.97. The summed E-state index contributed by atoms with van der Waals surface area (Å²) in [4.78, 5) is 15.6. The van der Waals surface area contributed by atoms with Gasteiger partial charge in [-0.3, -0.25) is 14.4 Å². The minimum Gasteiger partial charge on any atom is -0.341 e. The highest BCUT2D eigenvalue weighted by atomic mass is 19.4. The van der Waals surface area contributed by atoms with Crippen molar-refractivity contribution in [2.45, 2.75) is 38.7 Å². The minimum absolute atomic E-state index is 0.110. The summed E-state index contributed by atoms with van der Waals surface area (Å²) in [5.41, 5.74) is 2.16. The molecule has 1 saturated heterocycles. The van der Waals surface area contributed by atoms with Gasteiger partial charge >= 0.3 is 6.18 Å². The van der Waals surface area contributed by atoms with Crippen molar-refractivity contribution in [1.29, 1.82) is 0 Å². The zero-order valence-electron chi connectivity index (χ0n) is 14.3. The van der Waals surface area contributed by atoms with Gasteiger partial charge in [0.15, 0.2) is 0 Å². The maximum atomic E-state index is 12.9. The summed E-state index contributed by atoms with van der Waals surface area (Å²) in [6.07, 6.45) is -1.90. The summed E-state index contributed by atoms with van der Waals surface area (Å²) in [6.45, 7) is 3.32. The Balaban J connectivity index is 1.55. The molecule has 2 aliphatic rings. The molecule has 9 heteroatoms. The normalized spacial score (nSPS) is 21.5. The number of hydrogen-bond acceptors (Lipinski definition) is 4. The van der Waals surface area contributed by atoms with Crippen LogP contribution in [0.25, 0.3) is 0 Å². The van der Waals surface area contributed by atoms with E-state index in [-0.39, 0.29) is 25.4 Å². The number of fused-ring (bicyclic) bond motifs is 1. The second kappa shape index (κ2) is 7.33. The maximum absolute atomic E-state index is 12.9. The van der Waals surface area contributed by atoms with Gasteiger partial charge in [-0.1, -0.05) is 0 Å². The van der Waals surface area contributed by atoms with Crippen molar-refractivity contribution in [3.63, 3.8) is 0 Å². The van der Waals surface area contributed by atoms with Crippen molar-refractivity contribution in [2.24, 2.45) is 5.92 Å². The van der Waals surface area contributed by atoms with E-state index in [4.69, 9.17) is 0 Å². The van der Waals surface area contributed by atoms with Gasteiger partial charge < -0.3 is 10.2 Å². The Morgan fingerprint density at radius 1 is 1.44 bits per heavy atom. The summed E-state index contributed by atoms with van der Waals surface area (Å²) in [5, 5.41) is 7.64. The largest absolute Gasteiger partial charge is 0.393 e. The number of carbonyl (C=O) groups is 1. The van der Waals surface area contributed by atoms with E-state index in [0.29, 0.717) is 19.5 Å². The summed E-state index contributed by atoms with van der Waals surface area (Å²) in [5.74, 6) is -1.64. The molecular weight excluding hydrogens is 335 g/mol. The van der Waals surface area contributed by atoms with Gasteiger partial charge in [0.25, 0.3) is 0 Å². The summed E-state index contributed by atoms with van der Waals surface area (Å²) in [6, 6.07) is 0. The maximum Gasteiger partial charge on any atom is 0.393 e. The summed E-state index contributed by atoms with van der Waals surface area (Å²) in [7, 11) is 1.81. The Bertz CT molecular complexity index is 615. The third-order valence-corrected chi connectivity index (χ3v) is 4.91. The number of piperidine rings is 1. The lowest BCUT2D eigenvalue weighted by Gasteiger charge is -2.34.